The van der Waals surface area contributed by atoms with Crippen LogP contribution in [0.2, 0.25) is 0 Å². The van der Waals surface area contributed by atoms with Crippen LogP contribution < -0.4 is 4.74 Å². The number of likely N-dealkylation sites (tertiary alicyclic amines) is 1. The summed E-state index contributed by atoms with van der Waals surface area (Å²) in [5.74, 6) is 0.911. The highest BCUT2D eigenvalue weighted by molar-refractivity contribution is 5.71. The van der Waals surface area contributed by atoms with Gasteiger partial charge in [0.2, 0.25) is 6.29 Å². The molecule has 0 spiro atoms. The van der Waals surface area contributed by atoms with Gasteiger partial charge in [0.15, 0.2) is 0 Å². The van der Waals surface area contributed by atoms with Crippen molar-refractivity contribution < 1.29 is 14.6 Å². The van der Waals surface area contributed by atoms with Gasteiger partial charge in [0.25, 0.3) is 0 Å². The fourth-order valence-electron chi connectivity index (χ4n) is 2.95. The Labute approximate surface area is 126 Å². The van der Waals surface area contributed by atoms with Gasteiger partial charge >= 0.3 is 0 Å². The number of piperidine rings is 1. The van der Waals surface area contributed by atoms with Gasteiger partial charge in [-0.05, 0) is 56.6 Å². The fraction of sp³-hybridized carbons (Fsp3) is 0.529. The second kappa shape index (κ2) is 6.50. The number of ether oxygens (including phenoxy) is 2. The third kappa shape index (κ3) is 3.57. The molecule has 2 heterocycles. The van der Waals surface area contributed by atoms with Crippen LogP contribution in [-0.4, -0.2) is 42.5 Å². The number of benzene rings is 1. The van der Waals surface area contributed by atoms with E-state index in [2.05, 4.69) is 4.90 Å². The van der Waals surface area contributed by atoms with E-state index in [-0.39, 0.29) is 12.0 Å². The Morgan fingerprint density at radius 2 is 2.10 bits per heavy atom. The maximum absolute atomic E-state index is 9.56. The predicted octanol–water partition coefficient (Wildman–Crippen LogP) is 3.02. The van der Waals surface area contributed by atoms with Crippen molar-refractivity contribution in [3.63, 3.8) is 0 Å². The molecule has 1 aromatic rings. The largest absolute Gasteiger partial charge is 0.508 e. The average Bonchev–Trinajstić information content (AvgIpc) is 2.48. The molecule has 1 unspecified atom stereocenters. The second-order valence-corrected chi connectivity index (χ2v) is 5.79. The number of fused-ring (bicyclic) bond motifs is 1. The van der Waals surface area contributed by atoms with Crippen LogP contribution in [0.15, 0.2) is 24.3 Å². The quantitative estimate of drug-likeness (QED) is 0.925. The zero-order valence-corrected chi connectivity index (χ0v) is 12.5. The van der Waals surface area contributed by atoms with Crippen molar-refractivity contribution in [2.75, 3.05) is 26.2 Å². The Bertz CT molecular complexity index is 521. The lowest BCUT2D eigenvalue weighted by atomic mass is 10.0. The Balaban J connectivity index is 1.54. The lowest BCUT2D eigenvalue weighted by molar-refractivity contribution is -0.0544. The Morgan fingerprint density at radius 1 is 1.29 bits per heavy atom. The molecule has 0 amide bonds. The molecule has 0 radical (unpaired) electrons. The van der Waals surface area contributed by atoms with Crippen LogP contribution in [0.3, 0.4) is 0 Å². The first-order valence-corrected chi connectivity index (χ1v) is 7.75. The number of hydrogen-bond donors (Lipinski definition) is 1. The van der Waals surface area contributed by atoms with Gasteiger partial charge in [-0.15, -0.1) is 0 Å². The van der Waals surface area contributed by atoms with E-state index in [9.17, 15) is 5.11 Å². The zero-order valence-electron chi connectivity index (χ0n) is 12.5. The maximum atomic E-state index is 9.56. The van der Waals surface area contributed by atoms with Crippen LogP contribution in [0.1, 0.15) is 31.7 Å². The standard InChI is InChI=1S/C17H23NO3/c1-13-11-17(20-10-9-18-7-3-2-4-8-18)21-16-12-14(19)5-6-15(13)16/h5-6,11-12,17,19H,2-4,7-10H2,1H3. The van der Waals surface area contributed by atoms with Crippen molar-refractivity contribution in [3.8, 4) is 11.5 Å². The van der Waals surface area contributed by atoms with Gasteiger partial charge in [0.05, 0.1) is 6.61 Å². The first-order valence-electron chi connectivity index (χ1n) is 7.75. The summed E-state index contributed by atoms with van der Waals surface area (Å²) in [5, 5.41) is 9.56. The van der Waals surface area contributed by atoms with Crippen LogP contribution in [-0.2, 0) is 4.74 Å². The molecule has 3 rings (SSSR count). The van der Waals surface area contributed by atoms with E-state index in [1.54, 1.807) is 12.1 Å². The van der Waals surface area contributed by atoms with Crippen molar-refractivity contribution in [1.29, 1.82) is 0 Å². The van der Waals surface area contributed by atoms with Crippen molar-refractivity contribution in [2.24, 2.45) is 0 Å². The van der Waals surface area contributed by atoms with Crippen molar-refractivity contribution in [3.05, 3.63) is 29.8 Å². The number of rotatable bonds is 4. The third-order valence-electron chi connectivity index (χ3n) is 4.16. The van der Waals surface area contributed by atoms with E-state index in [1.807, 2.05) is 19.1 Å². The molecule has 1 N–H and O–H groups in total. The summed E-state index contributed by atoms with van der Waals surface area (Å²) in [4.78, 5) is 2.45. The van der Waals surface area contributed by atoms with E-state index in [0.717, 1.165) is 17.7 Å². The minimum absolute atomic E-state index is 0.218. The van der Waals surface area contributed by atoms with Crippen LogP contribution in [0.5, 0.6) is 11.5 Å². The summed E-state index contributed by atoms with van der Waals surface area (Å²) >= 11 is 0. The number of allylic oxidation sites excluding steroid dienone is 1. The normalized spacial score (nSPS) is 22.3. The second-order valence-electron chi connectivity index (χ2n) is 5.79. The van der Waals surface area contributed by atoms with Gasteiger partial charge < -0.3 is 19.5 Å². The molecular formula is C17H23NO3. The lowest BCUT2D eigenvalue weighted by Crippen LogP contribution is -2.34. The van der Waals surface area contributed by atoms with Crippen LogP contribution in [0, 0.1) is 0 Å². The summed E-state index contributed by atoms with van der Waals surface area (Å²) in [6.07, 6.45) is 5.59. The van der Waals surface area contributed by atoms with Gasteiger partial charge in [-0.3, -0.25) is 0 Å². The van der Waals surface area contributed by atoms with E-state index in [0.29, 0.717) is 12.4 Å². The molecule has 1 atom stereocenters. The van der Waals surface area contributed by atoms with E-state index >= 15 is 0 Å². The minimum Gasteiger partial charge on any atom is -0.508 e. The molecule has 0 aliphatic carbocycles. The number of aromatic hydroxyl groups is 1. The molecule has 2 aliphatic heterocycles. The first kappa shape index (κ1) is 14.4. The topological polar surface area (TPSA) is 41.9 Å². The molecule has 1 fully saturated rings. The first-order chi connectivity index (χ1) is 10.2. The Kier molecular flexibility index (Phi) is 4.46. The van der Waals surface area contributed by atoms with Gasteiger partial charge in [0.1, 0.15) is 11.5 Å². The summed E-state index contributed by atoms with van der Waals surface area (Å²) in [5.41, 5.74) is 2.14. The highest BCUT2D eigenvalue weighted by Gasteiger charge is 2.19. The van der Waals surface area contributed by atoms with Gasteiger partial charge in [-0.2, -0.15) is 0 Å². The van der Waals surface area contributed by atoms with E-state index in [1.165, 1.54) is 32.4 Å². The Hall–Kier alpha value is -1.52. The molecule has 0 saturated carbocycles. The summed E-state index contributed by atoms with van der Waals surface area (Å²) in [6.45, 7) is 6.03. The highest BCUT2D eigenvalue weighted by atomic mass is 16.7. The molecule has 21 heavy (non-hydrogen) atoms. The summed E-state index contributed by atoms with van der Waals surface area (Å²) in [6, 6.07) is 5.20. The van der Waals surface area contributed by atoms with Gasteiger partial charge in [0, 0.05) is 18.2 Å². The van der Waals surface area contributed by atoms with Crippen LogP contribution in [0.4, 0.5) is 0 Å². The molecule has 1 aromatic carbocycles. The minimum atomic E-state index is -0.357. The number of nitrogens with zero attached hydrogens (tertiary/aromatic N) is 1. The highest BCUT2D eigenvalue weighted by Crippen LogP contribution is 2.34. The van der Waals surface area contributed by atoms with E-state index in [4.69, 9.17) is 9.47 Å². The summed E-state index contributed by atoms with van der Waals surface area (Å²) < 4.78 is 11.6. The molecule has 0 aromatic heterocycles. The van der Waals surface area contributed by atoms with Crippen LogP contribution >= 0.6 is 0 Å². The predicted molar refractivity (Wildman–Crippen MR) is 82.4 cm³/mol. The zero-order chi connectivity index (χ0) is 14.7. The molecule has 1 saturated heterocycles. The van der Waals surface area contributed by atoms with E-state index < -0.39 is 0 Å². The van der Waals surface area contributed by atoms with Crippen LogP contribution in [0.25, 0.3) is 5.57 Å². The third-order valence-corrected chi connectivity index (χ3v) is 4.16. The Morgan fingerprint density at radius 3 is 2.90 bits per heavy atom. The fourth-order valence-corrected chi connectivity index (χ4v) is 2.95. The molecule has 0 bridgehead atoms. The van der Waals surface area contributed by atoms with Crippen molar-refractivity contribution >= 4 is 5.57 Å². The SMILES string of the molecule is CC1=CC(OCCN2CCCCC2)Oc2cc(O)ccc21. The van der Waals surface area contributed by atoms with Gasteiger partial charge in [-0.25, -0.2) is 0 Å². The van der Waals surface area contributed by atoms with Gasteiger partial charge in [-0.1, -0.05) is 6.42 Å². The molecular weight excluding hydrogens is 266 g/mol. The van der Waals surface area contributed by atoms with Crippen molar-refractivity contribution in [1.82, 2.24) is 4.90 Å². The number of phenols is 1. The lowest BCUT2D eigenvalue weighted by Gasteiger charge is -2.28. The smallest absolute Gasteiger partial charge is 0.220 e. The maximum Gasteiger partial charge on any atom is 0.220 e. The average molecular weight is 289 g/mol. The molecule has 4 heteroatoms. The summed E-state index contributed by atoms with van der Waals surface area (Å²) in [7, 11) is 0. The molecule has 2 aliphatic rings. The molecule has 114 valence electrons. The monoisotopic (exact) mass is 289 g/mol. The number of hydrogen-bond acceptors (Lipinski definition) is 4. The molecule has 4 nitrogen and oxygen atoms in total. The number of phenolic OH excluding ortho intramolecular Hbond substituents is 1. The van der Waals surface area contributed by atoms with Crippen molar-refractivity contribution in [2.45, 2.75) is 32.5 Å².